The molecule has 2 heterocycles. The molecule has 1 aliphatic heterocycles. The zero-order valence-electron chi connectivity index (χ0n) is 12.5. The number of fused-ring (bicyclic) bond motifs is 1. The molecule has 0 bridgehead atoms. The zero-order valence-corrected chi connectivity index (χ0v) is 14.1. The topological polar surface area (TPSA) is 20.3 Å². The molecular formula is C18H18ClNOS. The van der Waals surface area contributed by atoms with Crippen LogP contribution in [0.1, 0.15) is 34.4 Å². The van der Waals surface area contributed by atoms with E-state index < -0.39 is 0 Å². The number of halogens is 1. The maximum atomic E-state index is 12.1. The van der Waals surface area contributed by atoms with Gasteiger partial charge in [-0.2, -0.15) is 0 Å². The van der Waals surface area contributed by atoms with Gasteiger partial charge in [0.05, 0.1) is 10.9 Å². The quantitative estimate of drug-likeness (QED) is 0.751. The van der Waals surface area contributed by atoms with Crippen molar-refractivity contribution in [2.45, 2.75) is 25.8 Å². The highest BCUT2D eigenvalue weighted by molar-refractivity contribution is 7.16. The molecule has 0 saturated carbocycles. The van der Waals surface area contributed by atoms with E-state index in [1.165, 1.54) is 27.6 Å². The van der Waals surface area contributed by atoms with E-state index in [1.807, 2.05) is 4.90 Å². The summed E-state index contributed by atoms with van der Waals surface area (Å²) in [5.74, 6) is 0.168. The van der Waals surface area contributed by atoms with E-state index in [4.69, 9.17) is 11.6 Å². The van der Waals surface area contributed by atoms with Gasteiger partial charge in [0.25, 0.3) is 0 Å². The highest BCUT2D eigenvalue weighted by Crippen LogP contribution is 2.41. The highest BCUT2D eigenvalue weighted by Gasteiger charge is 2.31. The molecule has 0 aliphatic carbocycles. The van der Waals surface area contributed by atoms with E-state index in [1.54, 1.807) is 11.3 Å². The normalized spacial score (nSPS) is 17.2. The molecule has 1 atom stereocenters. The van der Waals surface area contributed by atoms with Crippen molar-refractivity contribution in [1.82, 2.24) is 4.90 Å². The minimum absolute atomic E-state index is 0.0193. The van der Waals surface area contributed by atoms with Crippen LogP contribution in [-0.4, -0.2) is 17.4 Å². The Hall–Kier alpha value is -1.58. The van der Waals surface area contributed by atoms with Gasteiger partial charge < -0.3 is 4.90 Å². The van der Waals surface area contributed by atoms with Crippen LogP contribution in [0, 0.1) is 0 Å². The molecule has 2 nitrogen and oxygen atoms in total. The second kappa shape index (κ2) is 6.27. The number of rotatable bonds is 3. The van der Waals surface area contributed by atoms with Crippen LogP contribution >= 0.6 is 22.9 Å². The van der Waals surface area contributed by atoms with Crippen LogP contribution in [0.15, 0.2) is 43.0 Å². The first-order valence-corrected chi connectivity index (χ1v) is 8.60. The van der Waals surface area contributed by atoms with Crippen molar-refractivity contribution in [1.29, 1.82) is 0 Å². The highest BCUT2D eigenvalue weighted by atomic mass is 35.5. The predicted molar refractivity (Wildman–Crippen MR) is 92.6 cm³/mol. The summed E-state index contributed by atoms with van der Waals surface area (Å²) in [6.07, 6.45) is 2.37. The first-order valence-electron chi connectivity index (χ1n) is 7.41. The summed E-state index contributed by atoms with van der Waals surface area (Å²) in [5, 5.41) is 0. The van der Waals surface area contributed by atoms with Crippen molar-refractivity contribution in [3.63, 3.8) is 0 Å². The van der Waals surface area contributed by atoms with Crippen molar-refractivity contribution in [3.05, 3.63) is 68.9 Å². The average molecular weight is 332 g/mol. The predicted octanol–water partition coefficient (Wildman–Crippen LogP) is 4.62. The van der Waals surface area contributed by atoms with Crippen molar-refractivity contribution < 1.29 is 4.79 Å². The van der Waals surface area contributed by atoms with E-state index in [0.29, 0.717) is 13.1 Å². The third-order valence-electron chi connectivity index (χ3n) is 4.22. The molecule has 3 rings (SSSR count). The summed E-state index contributed by atoms with van der Waals surface area (Å²) in [6.45, 7) is 7.09. The molecule has 114 valence electrons. The lowest BCUT2D eigenvalue weighted by Gasteiger charge is -2.33. The third-order valence-corrected chi connectivity index (χ3v) is 5.49. The molecule has 0 N–H and O–H groups in total. The second-order valence-corrected chi connectivity index (χ2v) is 7.22. The fraction of sp³-hybridized carbons (Fsp3) is 0.278. The number of carbonyl (C=O) groups excluding carboxylic acids is 1. The van der Waals surface area contributed by atoms with Gasteiger partial charge in [0.2, 0.25) is 5.91 Å². The zero-order chi connectivity index (χ0) is 15.7. The lowest BCUT2D eigenvalue weighted by atomic mass is 9.85. The molecule has 1 amide bonds. The third kappa shape index (κ3) is 2.71. The number of hydrogen-bond donors (Lipinski definition) is 0. The van der Waals surface area contributed by atoms with Crippen molar-refractivity contribution >= 4 is 28.8 Å². The Labute approximate surface area is 140 Å². The number of aryl methyl sites for hydroxylation is 1. The maximum absolute atomic E-state index is 12.1. The molecule has 0 fully saturated rings. The van der Waals surface area contributed by atoms with E-state index in [0.717, 1.165) is 10.8 Å². The molecular weight excluding hydrogens is 314 g/mol. The van der Waals surface area contributed by atoms with E-state index in [9.17, 15) is 4.79 Å². The lowest BCUT2D eigenvalue weighted by molar-refractivity contribution is -0.127. The minimum atomic E-state index is -0.0193. The van der Waals surface area contributed by atoms with Crippen LogP contribution in [0.3, 0.4) is 0 Å². The van der Waals surface area contributed by atoms with Crippen LogP contribution in [0.5, 0.6) is 0 Å². The Bertz CT molecular complexity index is 722. The summed E-state index contributed by atoms with van der Waals surface area (Å²) in [5.41, 5.74) is 3.89. The Kier molecular flexibility index (Phi) is 4.37. The van der Waals surface area contributed by atoms with Gasteiger partial charge in [-0.05, 0) is 35.3 Å². The number of benzene rings is 1. The Morgan fingerprint density at radius 1 is 1.45 bits per heavy atom. The van der Waals surface area contributed by atoms with Gasteiger partial charge in [0.15, 0.2) is 0 Å². The minimum Gasteiger partial charge on any atom is -0.333 e. The molecule has 0 saturated heterocycles. The molecule has 1 aromatic carbocycles. The molecule has 2 aromatic rings. The summed E-state index contributed by atoms with van der Waals surface area (Å²) in [4.78, 5) is 15.1. The lowest BCUT2D eigenvalue weighted by Crippen LogP contribution is -2.37. The summed E-state index contributed by atoms with van der Waals surface area (Å²) >= 11 is 7.80. The van der Waals surface area contributed by atoms with E-state index in [-0.39, 0.29) is 11.8 Å². The number of carbonyl (C=O) groups is 1. The molecule has 0 unspecified atom stereocenters. The van der Waals surface area contributed by atoms with Crippen molar-refractivity contribution in [3.8, 4) is 0 Å². The fourth-order valence-electron chi connectivity index (χ4n) is 3.14. The number of nitrogens with zero attached hydrogens (tertiary/aromatic N) is 1. The molecule has 22 heavy (non-hydrogen) atoms. The van der Waals surface area contributed by atoms with Gasteiger partial charge in [0.1, 0.15) is 0 Å². The molecule has 4 heteroatoms. The van der Waals surface area contributed by atoms with Gasteiger partial charge in [-0.3, -0.25) is 4.79 Å². The van der Waals surface area contributed by atoms with Gasteiger partial charge in [-0.25, -0.2) is 0 Å². The standard InChI is InChI=1S/C18H18ClNOS/c1-3-12-7-5-6-8-13(12)15-10-20(18(21)4-2)11-16-14(15)9-17(19)22-16/h4-9,15H,2-3,10-11H2,1H3/t15-/m1/s1. The molecule has 1 aromatic heterocycles. The van der Waals surface area contributed by atoms with Gasteiger partial charge in [0, 0.05) is 17.3 Å². The smallest absolute Gasteiger partial charge is 0.246 e. The van der Waals surface area contributed by atoms with Crippen LogP contribution in [-0.2, 0) is 17.8 Å². The Balaban J connectivity index is 2.08. The Morgan fingerprint density at radius 2 is 2.23 bits per heavy atom. The van der Waals surface area contributed by atoms with Crippen LogP contribution < -0.4 is 0 Å². The summed E-state index contributed by atoms with van der Waals surface area (Å²) < 4.78 is 0.789. The van der Waals surface area contributed by atoms with Crippen LogP contribution in [0.2, 0.25) is 4.34 Å². The maximum Gasteiger partial charge on any atom is 0.246 e. The van der Waals surface area contributed by atoms with E-state index in [2.05, 4.69) is 43.8 Å². The molecule has 0 radical (unpaired) electrons. The number of thiophene rings is 1. The van der Waals surface area contributed by atoms with Gasteiger partial charge in [-0.15, -0.1) is 11.3 Å². The monoisotopic (exact) mass is 331 g/mol. The largest absolute Gasteiger partial charge is 0.333 e. The second-order valence-electron chi connectivity index (χ2n) is 5.46. The SMILES string of the molecule is C=CC(=O)N1Cc2sc(Cl)cc2[C@@H](c2ccccc2CC)C1. The van der Waals surface area contributed by atoms with Gasteiger partial charge in [-0.1, -0.05) is 49.4 Å². The number of hydrogen-bond acceptors (Lipinski definition) is 2. The fourth-order valence-corrected chi connectivity index (χ4v) is 4.50. The Morgan fingerprint density at radius 3 is 2.95 bits per heavy atom. The molecule has 1 aliphatic rings. The van der Waals surface area contributed by atoms with E-state index >= 15 is 0 Å². The molecule has 0 spiro atoms. The summed E-state index contributed by atoms with van der Waals surface area (Å²) in [7, 11) is 0. The van der Waals surface area contributed by atoms with Crippen molar-refractivity contribution in [2.75, 3.05) is 6.54 Å². The first kappa shape index (κ1) is 15.3. The van der Waals surface area contributed by atoms with Crippen LogP contribution in [0.4, 0.5) is 0 Å². The number of amides is 1. The first-order chi connectivity index (χ1) is 10.6. The van der Waals surface area contributed by atoms with Crippen LogP contribution in [0.25, 0.3) is 0 Å². The summed E-state index contributed by atoms with van der Waals surface area (Å²) in [6, 6.07) is 10.5. The average Bonchev–Trinajstić information content (AvgIpc) is 2.93. The van der Waals surface area contributed by atoms with Crippen molar-refractivity contribution in [2.24, 2.45) is 0 Å². The van der Waals surface area contributed by atoms with Gasteiger partial charge >= 0.3 is 0 Å².